The van der Waals surface area contributed by atoms with Crippen LogP contribution >= 0.6 is 0 Å². The molecule has 0 heteroatoms. The van der Waals surface area contributed by atoms with Gasteiger partial charge in [0.15, 0.2) is 0 Å². The van der Waals surface area contributed by atoms with Crippen molar-refractivity contribution in [2.24, 2.45) is 41.4 Å². The molecule has 3 saturated carbocycles. The Morgan fingerprint density at radius 1 is 0.560 bits per heavy atom. The van der Waals surface area contributed by atoms with Crippen LogP contribution in [0, 0.1) is 41.4 Å². The molecule has 3 rings (SSSR count). The molecule has 0 N–H and O–H groups in total. The van der Waals surface area contributed by atoms with E-state index in [1.165, 1.54) is 57.8 Å². The Labute approximate surface area is 158 Å². The third-order valence-electron chi connectivity index (χ3n) is 8.90. The molecule has 0 bridgehead atoms. The average molecular weight is 347 g/mol. The molecule has 0 heterocycles. The zero-order valence-electron chi connectivity index (χ0n) is 17.6. The molecular weight excluding hydrogens is 300 g/mol. The molecule has 3 fully saturated rings. The highest BCUT2D eigenvalue weighted by molar-refractivity contribution is 4.87. The van der Waals surface area contributed by atoms with Gasteiger partial charge in [-0.15, -0.1) is 0 Å². The molecule has 146 valence electrons. The summed E-state index contributed by atoms with van der Waals surface area (Å²) in [5, 5.41) is 0. The fourth-order valence-corrected chi connectivity index (χ4v) is 7.11. The van der Waals surface area contributed by atoms with Crippen LogP contribution in [0.1, 0.15) is 117 Å². The van der Waals surface area contributed by atoms with E-state index in [1.807, 2.05) is 0 Å². The average Bonchev–Trinajstić information content (AvgIpc) is 2.67. The molecule has 5 atom stereocenters. The largest absolute Gasteiger partial charge is 0.0651 e. The molecule has 0 aliphatic heterocycles. The van der Waals surface area contributed by atoms with Gasteiger partial charge in [-0.2, -0.15) is 0 Å². The van der Waals surface area contributed by atoms with Gasteiger partial charge in [-0.3, -0.25) is 0 Å². The monoisotopic (exact) mass is 346 g/mol. The van der Waals surface area contributed by atoms with Crippen molar-refractivity contribution in [2.45, 2.75) is 117 Å². The molecule has 0 radical (unpaired) electrons. The Morgan fingerprint density at radius 3 is 1.76 bits per heavy atom. The highest BCUT2D eigenvalue weighted by Crippen LogP contribution is 2.47. The zero-order valence-corrected chi connectivity index (χ0v) is 17.6. The summed E-state index contributed by atoms with van der Waals surface area (Å²) in [5.41, 5.74) is 0. The van der Waals surface area contributed by atoms with Gasteiger partial charge in [0, 0.05) is 0 Å². The quantitative estimate of drug-likeness (QED) is 0.472. The number of rotatable bonds is 2. The summed E-state index contributed by atoms with van der Waals surface area (Å²) >= 11 is 0. The van der Waals surface area contributed by atoms with Crippen LogP contribution in [0.2, 0.25) is 0 Å². The Hall–Kier alpha value is 0. The number of hydrogen-bond donors (Lipinski definition) is 0. The van der Waals surface area contributed by atoms with Crippen LogP contribution in [0.5, 0.6) is 0 Å². The van der Waals surface area contributed by atoms with Crippen LogP contribution < -0.4 is 0 Å². The molecule has 0 aromatic carbocycles. The number of hydrogen-bond acceptors (Lipinski definition) is 0. The maximum atomic E-state index is 2.70. The molecule has 3 aliphatic rings. The standard InChI is InChI=1S/C25H46/c1-4-21-9-7-12-22-11-5-6-13-24(22)20(3)25(14-8-10-21)23-17-15-19(2)16-18-23/h19-25H,4-18H2,1-3H3. The van der Waals surface area contributed by atoms with Crippen LogP contribution in [-0.4, -0.2) is 0 Å². The summed E-state index contributed by atoms with van der Waals surface area (Å²) in [6.45, 7) is 7.62. The Kier molecular flexibility index (Phi) is 7.74. The molecule has 5 unspecified atom stereocenters. The van der Waals surface area contributed by atoms with Gasteiger partial charge in [0.1, 0.15) is 0 Å². The fourth-order valence-electron chi connectivity index (χ4n) is 7.11. The van der Waals surface area contributed by atoms with Gasteiger partial charge in [-0.1, -0.05) is 91.4 Å². The van der Waals surface area contributed by atoms with Crippen molar-refractivity contribution in [2.75, 3.05) is 0 Å². The van der Waals surface area contributed by atoms with Crippen molar-refractivity contribution >= 4 is 0 Å². The molecule has 0 nitrogen and oxygen atoms in total. The van der Waals surface area contributed by atoms with E-state index < -0.39 is 0 Å². The van der Waals surface area contributed by atoms with E-state index in [-0.39, 0.29) is 0 Å². The van der Waals surface area contributed by atoms with E-state index in [0.717, 1.165) is 41.4 Å². The Bertz CT molecular complexity index is 364. The topological polar surface area (TPSA) is 0 Å². The van der Waals surface area contributed by atoms with Gasteiger partial charge in [0.05, 0.1) is 0 Å². The minimum Gasteiger partial charge on any atom is -0.0651 e. The van der Waals surface area contributed by atoms with Crippen molar-refractivity contribution in [1.29, 1.82) is 0 Å². The lowest BCUT2D eigenvalue weighted by Crippen LogP contribution is -2.34. The van der Waals surface area contributed by atoms with Crippen LogP contribution in [0.25, 0.3) is 0 Å². The second kappa shape index (κ2) is 9.80. The smallest absolute Gasteiger partial charge is 0.0357 e. The molecule has 3 aliphatic carbocycles. The van der Waals surface area contributed by atoms with Gasteiger partial charge < -0.3 is 0 Å². The molecule has 25 heavy (non-hydrogen) atoms. The summed E-state index contributed by atoms with van der Waals surface area (Å²) in [4.78, 5) is 0. The first-order chi connectivity index (χ1) is 12.2. The van der Waals surface area contributed by atoms with Crippen molar-refractivity contribution in [3.05, 3.63) is 0 Å². The minimum absolute atomic E-state index is 1.00. The van der Waals surface area contributed by atoms with E-state index >= 15 is 0 Å². The molecule has 0 aromatic rings. The van der Waals surface area contributed by atoms with Crippen LogP contribution in [-0.2, 0) is 0 Å². The third kappa shape index (κ3) is 5.26. The van der Waals surface area contributed by atoms with Crippen molar-refractivity contribution in [3.63, 3.8) is 0 Å². The van der Waals surface area contributed by atoms with E-state index in [9.17, 15) is 0 Å². The summed E-state index contributed by atoms with van der Waals surface area (Å²) in [6.07, 6.45) is 22.9. The first kappa shape index (κ1) is 19.8. The van der Waals surface area contributed by atoms with Gasteiger partial charge in [-0.25, -0.2) is 0 Å². The third-order valence-corrected chi connectivity index (χ3v) is 8.90. The van der Waals surface area contributed by atoms with Gasteiger partial charge in [0.2, 0.25) is 0 Å². The summed E-state index contributed by atoms with van der Waals surface area (Å²) in [5.74, 6) is 7.29. The maximum absolute atomic E-state index is 2.70. The highest BCUT2D eigenvalue weighted by Gasteiger charge is 2.37. The fraction of sp³-hybridized carbons (Fsp3) is 1.00. The van der Waals surface area contributed by atoms with Crippen molar-refractivity contribution in [3.8, 4) is 0 Å². The van der Waals surface area contributed by atoms with Gasteiger partial charge >= 0.3 is 0 Å². The Balaban J connectivity index is 1.73. The van der Waals surface area contributed by atoms with E-state index in [1.54, 1.807) is 38.5 Å². The first-order valence-electron chi connectivity index (χ1n) is 12.2. The van der Waals surface area contributed by atoms with Crippen LogP contribution in [0.4, 0.5) is 0 Å². The van der Waals surface area contributed by atoms with E-state index in [4.69, 9.17) is 0 Å². The number of fused-ring (bicyclic) bond motifs is 1. The van der Waals surface area contributed by atoms with Crippen LogP contribution in [0.15, 0.2) is 0 Å². The zero-order chi connectivity index (χ0) is 17.6. The lowest BCUT2D eigenvalue weighted by atomic mass is 9.62. The molecule has 0 amide bonds. The second-order valence-corrected chi connectivity index (χ2v) is 10.4. The second-order valence-electron chi connectivity index (χ2n) is 10.4. The molecule has 0 aromatic heterocycles. The minimum atomic E-state index is 1.00. The molecule has 0 saturated heterocycles. The molecule has 0 spiro atoms. The van der Waals surface area contributed by atoms with E-state index in [0.29, 0.717) is 0 Å². The first-order valence-corrected chi connectivity index (χ1v) is 12.2. The Morgan fingerprint density at radius 2 is 1.08 bits per heavy atom. The molecular formula is C25H46. The maximum Gasteiger partial charge on any atom is -0.0357 e. The lowest BCUT2D eigenvalue weighted by Gasteiger charge is -2.43. The predicted molar refractivity (Wildman–Crippen MR) is 111 cm³/mol. The summed E-state index contributed by atoms with van der Waals surface area (Å²) in [7, 11) is 0. The summed E-state index contributed by atoms with van der Waals surface area (Å²) in [6, 6.07) is 0. The van der Waals surface area contributed by atoms with E-state index in [2.05, 4.69) is 20.8 Å². The van der Waals surface area contributed by atoms with Crippen molar-refractivity contribution < 1.29 is 0 Å². The van der Waals surface area contributed by atoms with Gasteiger partial charge in [0.25, 0.3) is 0 Å². The summed E-state index contributed by atoms with van der Waals surface area (Å²) < 4.78 is 0. The SMILES string of the molecule is CCC1CCCC2CCCCC2C(C)C(C2CCC(C)CC2)CCC1. The highest BCUT2D eigenvalue weighted by atomic mass is 14.4. The normalized spacial score (nSPS) is 44.5. The lowest BCUT2D eigenvalue weighted by molar-refractivity contribution is 0.0666. The van der Waals surface area contributed by atoms with Crippen LogP contribution in [0.3, 0.4) is 0 Å². The van der Waals surface area contributed by atoms with Crippen molar-refractivity contribution in [1.82, 2.24) is 0 Å². The predicted octanol–water partition coefficient (Wildman–Crippen LogP) is 8.25. The van der Waals surface area contributed by atoms with Gasteiger partial charge in [-0.05, 0) is 67.1 Å².